The Morgan fingerprint density at radius 1 is 0.578 bits per heavy atom. The first kappa shape index (κ1) is 48.3. The molecule has 0 unspecified atom stereocenters. The van der Waals surface area contributed by atoms with Crippen molar-refractivity contribution in [3.8, 4) is 0 Å². The maximum atomic E-state index is 11.8. The van der Waals surface area contributed by atoms with Gasteiger partial charge in [0.1, 0.15) is 73.2 Å². The number of ether oxygens (including phenoxy) is 8. The Bertz CT molecular complexity index is 1600. The van der Waals surface area contributed by atoms with Crippen molar-refractivity contribution < 1.29 is 94.1 Å². The predicted octanol–water partition coefficient (Wildman–Crippen LogP) is -1.76. The lowest BCUT2D eigenvalue weighted by atomic mass is 9.44. The van der Waals surface area contributed by atoms with Gasteiger partial charge in [-0.15, -0.1) is 0 Å². The number of fused-ring (bicyclic) bond motifs is 7. The van der Waals surface area contributed by atoms with Crippen molar-refractivity contribution in [3.05, 3.63) is 0 Å². The van der Waals surface area contributed by atoms with Gasteiger partial charge in [0.2, 0.25) is 0 Å². The van der Waals surface area contributed by atoms with E-state index < -0.39 is 130 Å². The third-order valence-electron chi connectivity index (χ3n) is 18.3. The highest BCUT2D eigenvalue weighted by Gasteiger charge is 2.69. The Labute approximate surface area is 373 Å². The zero-order valence-corrected chi connectivity index (χ0v) is 37.3. The van der Waals surface area contributed by atoms with Crippen LogP contribution in [0, 0.1) is 52.3 Å². The molecule has 4 saturated carbocycles. The highest BCUT2D eigenvalue weighted by atomic mass is 16.8. The molecule has 1 spiro atoms. The van der Waals surface area contributed by atoms with Crippen molar-refractivity contribution in [2.45, 2.75) is 202 Å². The number of hydrogen-bond donors (Lipinski definition) is 11. The van der Waals surface area contributed by atoms with Crippen LogP contribution in [0.5, 0.6) is 0 Å². The van der Waals surface area contributed by atoms with Crippen LogP contribution >= 0.6 is 0 Å². The van der Waals surface area contributed by atoms with Crippen LogP contribution in [-0.4, -0.2) is 199 Å². The first-order chi connectivity index (χ1) is 30.4. The van der Waals surface area contributed by atoms with Gasteiger partial charge in [-0.05, 0) is 97.7 Å². The quantitative estimate of drug-likeness (QED) is 0.114. The van der Waals surface area contributed by atoms with E-state index in [0.717, 1.165) is 51.6 Å². The van der Waals surface area contributed by atoms with Crippen LogP contribution in [0.1, 0.15) is 85.5 Å². The van der Waals surface area contributed by atoms with Crippen molar-refractivity contribution in [2.75, 3.05) is 26.4 Å². The minimum absolute atomic E-state index is 0.144. The summed E-state index contributed by atoms with van der Waals surface area (Å²) in [6, 6.07) is 0. The standard InChI is InChI=1S/C45H74O19/c1-18-7-10-45(57-17-18)19(2)30-26(64-45)12-23-21-6-5-20-11-25(24(49)13-44(20,4)22(21)8-9-43(23,30)3)58-40-37(56)35(54)38(29(16-48)61-40)62-42-39(34(53)32(51)28(15-47)60-42)63-41-36(55)33(52)31(50)27(14-46)59-41/h18-42,46-56H,5-17H2,1-4H3/t18-,19+,20+,21-,22-,23+,24+,25-,26+,27-,28-,29+,30+,31-,32-,33-,34+,35+,36+,37+,38+,39+,40+,41+,42+,43-,44-,45-/m1/s1. The molecule has 19 nitrogen and oxygen atoms in total. The predicted molar refractivity (Wildman–Crippen MR) is 217 cm³/mol. The van der Waals surface area contributed by atoms with E-state index in [4.69, 9.17) is 37.9 Å². The molecule has 64 heavy (non-hydrogen) atoms. The van der Waals surface area contributed by atoms with Crippen LogP contribution in [0.4, 0.5) is 0 Å². The van der Waals surface area contributed by atoms with Crippen molar-refractivity contribution in [1.82, 2.24) is 0 Å². The lowest BCUT2D eigenvalue weighted by Gasteiger charge is -2.62. The second-order valence-electron chi connectivity index (χ2n) is 21.7. The number of hydrogen-bond acceptors (Lipinski definition) is 19. The van der Waals surface area contributed by atoms with E-state index in [-0.39, 0.29) is 22.9 Å². The minimum Gasteiger partial charge on any atom is -0.394 e. The molecule has 9 aliphatic rings. The fourth-order valence-electron chi connectivity index (χ4n) is 14.7. The fourth-order valence-corrected chi connectivity index (χ4v) is 14.7. The van der Waals surface area contributed by atoms with E-state index in [1.54, 1.807) is 0 Å². The first-order valence-electron chi connectivity index (χ1n) is 23.9. The van der Waals surface area contributed by atoms with Gasteiger partial charge in [0, 0.05) is 12.3 Å². The van der Waals surface area contributed by atoms with Gasteiger partial charge in [-0.3, -0.25) is 0 Å². The van der Waals surface area contributed by atoms with Gasteiger partial charge in [0.05, 0.1) is 44.7 Å². The highest BCUT2D eigenvalue weighted by Crippen LogP contribution is 2.71. The highest BCUT2D eigenvalue weighted by molar-refractivity contribution is 5.16. The fraction of sp³-hybridized carbons (Fsp3) is 1.00. The van der Waals surface area contributed by atoms with Gasteiger partial charge in [-0.2, -0.15) is 0 Å². The van der Waals surface area contributed by atoms with Crippen molar-refractivity contribution in [3.63, 3.8) is 0 Å². The second kappa shape index (κ2) is 18.2. The van der Waals surface area contributed by atoms with Gasteiger partial charge in [-0.1, -0.05) is 27.7 Å². The minimum atomic E-state index is -1.91. The van der Waals surface area contributed by atoms with E-state index in [1.165, 1.54) is 0 Å². The summed E-state index contributed by atoms with van der Waals surface area (Å²) in [6.07, 6.45) is -18.5. The number of aliphatic hydroxyl groups excluding tert-OH is 11. The van der Waals surface area contributed by atoms with Crippen LogP contribution in [0.3, 0.4) is 0 Å². The SMILES string of the molecule is C[C@@H]1CC[C@@]2(OC1)O[C@H]1C[C@H]3[C@@H]4CC[C@H]5C[C@@H](O[C@H]6O[C@@H](CO)[C@H](O[C@@H]7O[C@H](CO)[C@@H](O)[C@H](O)[C@@H]7O[C@@H]7O[C@H](CO)[C@@H](O)[C@@H](O)[C@@H]7O)[C@@H](O)[C@@H]6O)[C@@H](O)C[C@@]5(C)[C@@H]4CC[C@@]3(C)[C@H]1[C@@H]2C. The molecule has 0 amide bonds. The summed E-state index contributed by atoms with van der Waals surface area (Å²) in [5.41, 5.74) is 0.0147. The average molecular weight is 919 g/mol. The molecule has 0 aromatic carbocycles. The average Bonchev–Trinajstić information content (AvgIpc) is 3.72. The van der Waals surface area contributed by atoms with Gasteiger partial charge < -0.3 is 94.1 Å². The topological polar surface area (TPSA) is 296 Å². The molecular weight excluding hydrogens is 844 g/mol. The molecular formula is C45H74O19. The monoisotopic (exact) mass is 918 g/mol. The second-order valence-corrected chi connectivity index (χ2v) is 21.7. The molecule has 9 rings (SSSR count). The van der Waals surface area contributed by atoms with Crippen LogP contribution in [-0.2, 0) is 37.9 Å². The van der Waals surface area contributed by atoms with Gasteiger partial charge >= 0.3 is 0 Å². The zero-order valence-electron chi connectivity index (χ0n) is 37.3. The molecule has 5 heterocycles. The molecule has 368 valence electrons. The molecule has 5 saturated heterocycles. The summed E-state index contributed by atoms with van der Waals surface area (Å²) in [5.74, 6) is 2.57. The molecule has 0 bridgehead atoms. The smallest absolute Gasteiger partial charge is 0.187 e. The zero-order chi connectivity index (χ0) is 45.8. The Hall–Kier alpha value is -0.760. The maximum absolute atomic E-state index is 11.8. The molecule has 19 heteroatoms. The lowest BCUT2D eigenvalue weighted by molar-refractivity contribution is -0.391. The maximum Gasteiger partial charge on any atom is 0.187 e. The Morgan fingerprint density at radius 3 is 1.86 bits per heavy atom. The third kappa shape index (κ3) is 7.85. The number of rotatable bonds is 9. The van der Waals surface area contributed by atoms with Crippen LogP contribution in [0.2, 0.25) is 0 Å². The Kier molecular flexibility index (Phi) is 13.7. The summed E-state index contributed by atoms with van der Waals surface area (Å²) < 4.78 is 48.7. The van der Waals surface area contributed by atoms with E-state index in [0.29, 0.717) is 48.3 Å². The summed E-state index contributed by atoms with van der Waals surface area (Å²) in [5, 5.41) is 118. The van der Waals surface area contributed by atoms with Gasteiger partial charge in [-0.25, -0.2) is 0 Å². The number of aliphatic hydroxyl groups is 11. The first-order valence-corrected chi connectivity index (χ1v) is 23.9. The molecule has 9 fully saturated rings. The van der Waals surface area contributed by atoms with Crippen LogP contribution in [0.15, 0.2) is 0 Å². The summed E-state index contributed by atoms with van der Waals surface area (Å²) in [4.78, 5) is 0. The summed E-state index contributed by atoms with van der Waals surface area (Å²) in [6.45, 7) is 7.85. The van der Waals surface area contributed by atoms with Gasteiger partial charge in [0.15, 0.2) is 24.7 Å². The Balaban J connectivity index is 0.848. The largest absolute Gasteiger partial charge is 0.394 e. The summed E-state index contributed by atoms with van der Waals surface area (Å²) in [7, 11) is 0. The van der Waals surface area contributed by atoms with Crippen molar-refractivity contribution >= 4 is 0 Å². The molecule has 11 N–H and O–H groups in total. The van der Waals surface area contributed by atoms with E-state index >= 15 is 0 Å². The van der Waals surface area contributed by atoms with E-state index in [9.17, 15) is 56.2 Å². The Morgan fingerprint density at radius 2 is 1.19 bits per heavy atom. The molecule has 5 aliphatic heterocycles. The summed E-state index contributed by atoms with van der Waals surface area (Å²) >= 11 is 0. The molecule has 0 aromatic rings. The molecule has 0 aromatic heterocycles. The van der Waals surface area contributed by atoms with Crippen LogP contribution < -0.4 is 0 Å². The molecule has 0 radical (unpaired) electrons. The van der Waals surface area contributed by atoms with E-state index in [1.807, 2.05) is 0 Å². The van der Waals surface area contributed by atoms with Crippen molar-refractivity contribution in [2.24, 2.45) is 52.3 Å². The third-order valence-corrected chi connectivity index (χ3v) is 18.3. The van der Waals surface area contributed by atoms with E-state index in [2.05, 4.69) is 27.7 Å². The normalized spacial score (nSPS) is 58.6. The van der Waals surface area contributed by atoms with Crippen LogP contribution in [0.25, 0.3) is 0 Å². The lowest BCUT2D eigenvalue weighted by Crippen LogP contribution is -2.67. The molecule has 28 atom stereocenters. The molecule has 4 aliphatic carbocycles. The van der Waals surface area contributed by atoms with Gasteiger partial charge in [0.25, 0.3) is 0 Å². The van der Waals surface area contributed by atoms with Crippen molar-refractivity contribution in [1.29, 1.82) is 0 Å².